The van der Waals surface area contributed by atoms with Gasteiger partial charge in [-0.15, -0.1) is 0 Å². The van der Waals surface area contributed by atoms with E-state index in [0.717, 1.165) is 53.9 Å². The van der Waals surface area contributed by atoms with Crippen LogP contribution in [0.5, 0.6) is 0 Å². The van der Waals surface area contributed by atoms with Gasteiger partial charge in [0, 0.05) is 57.4 Å². The SMILES string of the molecule is CN(C)c1cc(N2CC(Cn3nc4c(cc3=O)CSCC4)C2)ncn1. The second kappa shape index (κ2) is 6.67. The smallest absolute Gasteiger partial charge is 0.267 e. The number of aryl methyl sites for hydroxylation is 1. The summed E-state index contributed by atoms with van der Waals surface area (Å²) >= 11 is 1.87. The van der Waals surface area contributed by atoms with Crippen LogP contribution in [-0.2, 0) is 18.7 Å². The zero-order valence-electron chi connectivity index (χ0n) is 14.6. The van der Waals surface area contributed by atoms with Gasteiger partial charge in [-0.2, -0.15) is 16.9 Å². The maximum absolute atomic E-state index is 12.3. The third-order valence-electron chi connectivity index (χ3n) is 4.71. The number of aromatic nitrogens is 4. The summed E-state index contributed by atoms with van der Waals surface area (Å²) in [5, 5.41) is 4.61. The molecule has 2 aromatic heterocycles. The Morgan fingerprint density at radius 2 is 2.12 bits per heavy atom. The molecule has 0 amide bonds. The molecule has 2 aliphatic heterocycles. The minimum atomic E-state index is 0.0247. The van der Waals surface area contributed by atoms with Crippen molar-refractivity contribution >= 4 is 23.4 Å². The van der Waals surface area contributed by atoms with Crippen molar-refractivity contribution < 1.29 is 0 Å². The third kappa shape index (κ3) is 3.35. The Kier molecular flexibility index (Phi) is 4.37. The topological polar surface area (TPSA) is 67.2 Å². The molecule has 2 aliphatic rings. The van der Waals surface area contributed by atoms with Crippen LogP contribution < -0.4 is 15.4 Å². The maximum Gasteiger partial charge on any atom is 0.267 e. The number of hydrogen-bond acceptors (Lipinski definition) is 7. The van der Waals surface area contributed by atoms with Gasteiger partial charge >= 0.3 is 0 Å². The number of fused-ring (bicyclic) bond motifs is 1. The molecular weight excluding hydrogens is 336 g/mol. The number of nitrogens with zero attached hydrogens (tertiary/aromatic N) is 6. The van der Waals surface area contributed by atoms with Gasteiger partial charge in [0.25, 0.3) is 5.56 Å². The van der Waals surface area contributed by atoms with Gasteiger partial charge in [-0.25, -0.2) is 14.6 Å². The van der Waals surface area contributed by atoms with Gasteiger partial charge in [0.2, 0.25) is 0 Å². The van der Waals surface area contributed by atoms with E-state index in [1.807, 2.05) is 36.8 Å². The van der Waals surface area contributed by atoms with Crippen LogP contribution in [0.2, 0.25) is 0 Å². The van der Waals surface area contributed by atoms with Crippen LogP contribution in [-0.4, -0.2) is 52.7 Å². The molecule has 0 aromatic carbocycles. The van der Waals surface area contributed by atoms with Crippen molar-refractivity contribution in [3.63, 3.8) is 0 Å². The average molecular weight is 358 g/mol. The number of thioether (sulfide) groups is 1. The van der Waals surface area contributed by atoms with E-state index in [1.54, 1.807) is 17.1 Å². The molecule has 132 valence electrons. The zero-order valence-corrected chi connectivity index (χ0v) is 15.4. The molecule has 0 aliphatic carbocycles. The fourth-order valence-electron chi connectivity index (χ4n) is 3.26. The van der Waals surface area contributed by atoms with Crippen LogP contribution in [0, 0.1) is 5.92 Å². The lowest BCUT2D eigenvalue weighted by atomic mass is 10.0. The molecular formula is C17H22N6OS. The van der Waals surface area contributed by atoms with Gasteiger partial charge < -0.3 is 9.80 Å². The van der Waals surface area contributed by atoms with E-state index in [4.69, 9.17) is 0 Å². The van der Waals surface area contributed by atoms with E-state index in [2.05, 4.69) is 20.0 Å². The van der Waals surface area contributed by atoms with E-state index in [0.29, 0.717) is 12.5 Å². The van der Waals surface area contributed by atoms with Crippen LogP contribution >= 0.6 is 11.8 Å². The minimum absolute atomic E-state index is 0.0247. The largest absolute Gasteiger partial charge is 0.363 e. The summed E-state index contributed by atoms with van der Waals surface area (Å²) in [5.41, 5.74) is 2.24. The minimum Gasteiger partial charge on any atom is -0.363 e. The van der Waals surface area contributed by atoms with Gasteiger partial charge in [-0.05, 0) is 11.3 Å². The summed E-state index contributed by atoms with van der Waals surface area (Å²) in [5.74, 6) is 4.28. The fraction of sp³-hybridized carbons (Fsp3) is 0.529. The van der Waals surface area contributed by atoms with Crippen LogP contribution in [0.25, 0.3) is 0 Å². The molecule has 0 spiro atoms. The van der Waals surface area contributed by atoms with Gasteiger partial charge in [0.15, 0.2) is 0 Å². The lowest BCUT2D eigenvalue weighted by Gasteiger charge is -2.40. The Morgan fingerprint density at radius 1 is 1.28 bits per heavy atom. The van der Waals surface area contributed by atoms with Crippen molar-refractivity contribution in [3.8, 4) is 0 Å². The Hall–Kier alpha value is -2.09. The number of anilines is 2. The van der Waals surface area contributed by atoms with Crippen molar-refractivity contribution in [1.82, 2.24) is 19.7 Å². The fourth-order valence-corrected chi connectivity index (χ4v) is 4.21. The van der Waals surface area contributed by atoms with E-state index >= 15 is 0 Å². The molecule has 0 atom stereocenters. The molecule has 1 fully saturated rings. The average Bonchev–Trinajstić information content (AvgIpc) is 2.58. The highest BCUT2D eigenvalue weighted by molar-refractivity contribution is 7.98. The first-order valence-electron chi connectivity index (χ1n) is 8.52. The zero-order chi connectivity index (χ0) is 17.4. The van der Waals surface area contributed by atoms with Gasteiger partial charge in [-0.1, -0.05) is 0 Å². The summed E-state index contributed by atoms with van der Waals surface area (Å²) in [4.78, 5) is 25.1. The second-order valence-electron chi connectivity index (χ2n) is 6.84. The predicted octanol–water partition coefficient (Wildman–Crippen LogP) is 1.02. The molecule has 25 heavy (non-hydrogen) atoms. The molecule has 0 unspecified atom stereocenters. The molecule has 7 nitrogen and oxygen atoms in total. The predicted molar refractivity (Wildman–Crippen MR) is 100 cm³/mol. The highest BCUT2D eigenvalue weighted by Crippen LogP contribution is 2.26. The summed E-state index contributed by atoms with van der Waals surface area (Å²) in [6, 6.07) is 3.77. The standard InChI is InChI=1S/C17H22N6OS/c1-21(2)15-6-16(19-11-18-15)22-7-12(8-22)9-23-17(24)5-13-10-25-4-3-14(13)20-23/h5-6,11-12H,3-4,7-10H2,1-2H3. The third-order valence-corrected chi connectivity index (χ3v) is 5.72. The molecule has 8 heteroatoms. The molecule has 2 aromatic rings. The Labute approximate surface area is 151 Å². The Morgan fingerprint density at radius 3 is 2.92 bits per heavy atom. The molecule has 1 saturated heterocycles. The van der Waals surface area contributed by atoms with E-state index in [-0.39, 0.29) is 5.56 Å². The van der Waals surface area contributed by atoms with Crippen molar-refractivity contribution in [3.05, 3.63) is 40.1 Å². The lowest BCUT2D eigenvalue weighted by Crippen LogP contribution is -2.50. The molecule has 0 radical (unpaired) electrons. The van der Waals surface area contributed by atoms with Gasteiger partial charge in [0.1, 0.15) is 18.0 Å². The molecule has 4 rings (SSSR count). The monoisotopic (exact) mass is 358 g/mol. The molecule has 0 bridgehead atoms. The highest BCUT2D eigenvalue weighted by atomic mass is 32.2. The highest BCUT2D eigenvalue weighted by Gasteiger charge is 2.29. The summed E-state index contributed by atoms with van der Waals surface area (Å²) in [6.45, 7) is 2.47. The van der Waals surface area contributed by atoms with Crippen molar-refractivity contribution in [2.75, 3.05) is 42.7 Å². The first kappa shape index (κ1) is 16.4. The van der Waals surface area contributed by atoms with E-state index in [1.165, 1.54) is 0 Å². The summed E-state index contributed by atoms with van der Waals surface area (Å²) < 4.78 is 1.65. The lowest BCUT2D eigenvalue weighted by molar-refractivity contribution is 0.331. The number of rotatable bonds is 4. The summed E-state index contributed by atoms with van der Waals surface area (Å²) in [6.07, 6.45) is 2.57. The van der Waals surface area contributed by atoms with Gasteiger partial charge in [0.05, 0.1) is 12.2 Å². The first-order valence-corrected chi connectivity index (χ1v) is 9.67. The van der Waals surface area contributed by atoms with Crippen molar-refractivity contribution in [2.45, 2.75) is 18.7 Å². The Bertz CT molecular complexity index is 830. The molecule has 4 heterocycles. The number of hydrogen-bond donors (Lipinski definition) is 0. The van der Waals surface area contributed by atoms with Crippen LogP contribution in [0.15, 0.2) is 23.3 Å². The second-order valence-corrected chi connectivity index (χ2v) is 7.94. The van der Waals surface area contributed by atoms with E-state index < -0.39 is 0 Å². The van der Waals surface area contributed by atoms with Crippen LogP contribution in [0.4, 0.5) is 11.6 Å². The summed E-state index contributed by atoms with van der Waals surface area (Å²) in [7, 11) is 3.94. The molecule has 0 N–H and O–H groups in total. The van der Waals surface area contributed by atoms with Crippen molar-refractivity contribution in [2.24, 2.45) is 5.92 Å². The van der Waals surface area contributed by atoms with Gasteiger partial charge in [-0.3, -0.25) is 4.79 Å². The first-order chi connectivity index (χ1) is 12.1. The maximum atomic E-state index is 12.3. The quantitative estimate of drug-likeness (QED) is 0.808. The molecule has 0 saturated carbocycles. The normalized spacial score (nSPS) is 17.1. The van der Waals surface area contributed by atoms with E-state index in [9.17, 15) is 4.79 Å². The van der Waals surface area contributed by atoms with Crippen LogP contribution in [0.1, 0.15) is 11.3 Å². The van der Waals surface area contributed by atoms with Crippen LogP contribution in [0.3, 0.4) is 0 Å². The Balaban J connectivity index is 1.42. The van der Waals surface area contributed by atoms with Crippen molar-refractivity contribution in [1.29, 1.82) is 0 Å².